The lowest BCUT2D eigenvalue weighted by molar-refractivity contribution is 0.346. The molecule has 1 aromatic heterocycles. The van der Waals surface area contributed by atoms with Crippen LogP contribution >= 0.6 is 35.0 Å². The van der Waals surface area contributed by atoms with E-state index in [0.29, 0.717) is 29.6 Å². The summed E-state index contributed by atoms with van der Waals surface area (Å²) in [7, 11) is -7.52. The van der Waals surface area contributed by atoms with Gasteiger partial charge in [0, 0.05) is 23.0 Å². The molecule has 8 nitrogen and oxygen atoms in total. The average Bonchev–Trinajstić information content (AvgIpc) is 2.89. The number of halogens is 2. The summed E-state index contributed by atoms with van der Waals surface area (Å²) in [5.41, 5.74) is 0.830. The third kappa shape index (κ3) is 7.00. The maximum Gasteiger partial charge on any atom is 0.264 e. The van der Waals surface area contributed by atoms with Gasteiger partial charge >= 0.3 is 0 Å². The Morgan fingerprint density at radius 1 is 0.947 bits per heavy atom. The lowest BCUT2D eigenvalue weighted by Crippen LogP contribution is -2.35. The summed E-state index contributed by atoms with van der Waals surface area (Å²) in [4.78, 5) is 0.959. The Morgan fingerprint density at radius 3 is 2.32 bits per heavy atom. The van der Waals surface area contributed by atoms with Gasteiger partial charge in [0.1, 0.15) is 9.92 Å². The van der Waals surface area contributed by atoms with Gasteiger partial charge < -0.3 is 0 Å². The highest BCUT2D eigenvalue weighted by Crippen LogP contribution is 2.32. The van der Waals surface area contributed by atoms with Crippen LogP contribution in [0.2, 0.25) is 10.0 Å². The van der Waals surface area contributed by atoms with Gasteiger partial charge in [0.25, 0.3) is 10.0 Å². The van der Waals surface area contributed by atoms with Crippen molar-refractivity contribution >= 4 is 60.8 Å². The number of rotatable bonds is 10. The molecule has 0 bridgehead atoms. The van der Waals surface area contributed by atoms with Gasteiger partial charge in [-0.1, -0.05) is 54.7 Å². The second-order valence-corrected chi connectivity index (χ2v) is 14.4. The molecular weight excluding hydrogens is 587 g/mol. The third-order valence-corrected chi connectivity index (χ3v) is 11.1. The van der Waals surface area contributed by atoms with E-state index in [0.717, 1.165) is 42.6 Å². The molecule has 1 N–H and O–H groups in total. The molecule has 0 spiro atoms. The zero-order valence-corrected chi connectivity index (χ0v) is 24.7. The van der Waals surface area contributed by atoms with Crippen LogP contribution in [0.5, 0.6) is 0 Å². The monoisotopic (exact) mass is 614 g/mol. The molecule has 2 heterocycles. The fourth-order valence-corrected chi connectivity index (χ4v) is 8.18. The van der Waals surface area contributed by atoms with E-state index < -0.39 is 20.0 Å². The van der Waals surface area contributed by atoms with E-state index in [1.54, 1.807) is 34.6 Å². The minimum absolute atomic E-state index is 0.00193. The summed E-state index contributed by atoms with van der Waals surface area (Å²) >= 11 is 13.3. The molecule has 0 unspecified atom stereocenters. The summed E-state index contributed by atoms with van der Waals surface area (Å²) in [5.74, 6) is 0.0782. The number of hydrogen-bond acceptors (Lipinski definition) is 7. The summed E-state index contributed by atoms with van der Waals surface area (Å²) in [6.07, 6.45) is 5.30. The quantitative estimate of drug-likeness (QED) is 0.287. The van der Waals surface area contributed by atoms with Crippen LogP contribution in [0.15, 0.2) is 68.2 Å². The van der Waals surface area contributed by atoms with Gasteiger partial charge in [-0.25, -0.2) is 16.8 Å². The molecule has 204 valence electrons. The minimum atomic E-state index is -4.01. The van der Waals surface area contributed by atoms with E-state index in [2.05, 4.69) is 21.8 Å². The molecule has 1 saturated heterocycles. The number of unbranched alkanes of at least 4 members (excludes halogenated alkanes) is 1. The Bertz CT molecular complexity index is 1500. The number of aryl methyl sites for hydroxylation is 1. The number of piperidine rings is 1. The highest BCUT2D eigenvalue weighted by molar-refractivity contribution is 7.99. The molecule has 1 aliphatic rings. The molecule has 38 heavy (non-hydrogen) atoms. The third-order valence-electron chi connectivity index (χ3n) is 6.05. The van der Waals surface area contributed by atoms with E-state index in [-0.39, 0.29) is 20.6 Å². The van der Waals surface area contributed by atoms with E-state index >= 15 is 0 Å². The van der Waals surface area contributed by atoms with Crippen LogP contribution in [0, 0.1) is 0 Å². The van der Waals surface area contributed by atoms with E-state index in [1.165, 1.54) is 30.0 Å². The van der Waals surface area contributed by atoms with Gasteiger partial charge in [-0.2, -0.15) is 4.31 Å². The lowest BCUT2D eigenvalue weighted by Gasteiger charge is -2.25. The van der Waals surface area contributed by atoms with Crippen LogP contribution in [-0.2, 0) is 26.5 Å². The number of aromatic nitrogens is 2. The maximum absolute atomic E-state index is 12.9. The van der Waals surface area contributed by atoms with Crippen molar-refractivity contribution in [1.82, 2.24) is 14.5 Å². The first-order valence-electron chi connectivity index (χ1n) is 12.2. The Labute approximate surface area is 238 Å². The Hall–Kier alpha value is -1.89. The Balaban J connectivity index is 1.54. The molecule has 3 aromatic rings. The highest BCUT2D eigenvalue weighted by Gasteiger charge is 2.26. The standard InChI is InChI=1S/C25H28Cl2N4O4S3/c1-2-3-7-18-16-24(30-37(32,33)23-13-8-19(26)17-22(23)27)28-29-25(18)36-20-9-11-21(12-10-20)38(34,35)31-14-5-4-6-15-31/h8-13,16-17H,2-7,14-15H2,1H3,(H,28,30). The minimum Gasteiger partial charge on any atom is -0.262 e. The van der Waals surface area contributed by atoms with Crippen molar-refractivity contribution in [2.75, 3.05) is 17.8 Å². The van der Waals surface area contributed by atoms with Crippen molar-refractivity contribution in [3.63, 3.8) is 0 Å². The number of nitrogens with zero attached hydrogens (tertiary/aromatic N) is 3. The number of benzene rings is 2. The van der Waals surface area contributed by atoms with Crippen molar-refractivity contribution in [1.29, 1.82) is 0 Å². The van der Waals surface area contributed by atoms with Crippen LogP contribution < -0.4 is 4.72 Å². The van der Waals surface area contributed by atoms with Crippen LogP contribution in [0.3, 0.4) is 0 Å². The summed E-state index contributed by atoms with van der Waals surface area (Å²) in [5, 5.41) is 9.33. The van der Waals surface area contributed by atoms with E-state index in [1.807, 2.05) is 0 Å². The van der Waals surface area contributed by atoms with Crippen LogP contribution in [0.25, 0.3) is 0 Å². The van der Waals surface area contributed by atoms with Crippen LogP contribution in [0.4, 0.5) is 5.82 Å². The summed E-state index contributed by atoms with van der Waals surface area (Å²) in [6.45, 7) is 3.17. The Morgan fingerprint density at radius 2 is 1.66 bits per heavy atom. The second kappa shape index (κ2) is 12.5. The number of anilines is 1. The zero-order valence-electron chi connectivity index (χ0n) is 20.7. The van der Waals surface area contributed by atoms with Gasteiger partial charge in [0.15, 0.2) is 5.82 Å². The highest BCUT2D eigenvalue weighted by atomic mass is 35.5. The van der Waals surface area contributed by atoms with Crippen molar-refractivity contribution in [2.45, 2.75) is 65.2 Å². The number of sulfonamides is 2. The molecule has 0 atom stereocenters. The molecular formula is C25H28Cl2N4O4S3. The molecule has 1 aliphatic heterocycles. The largest absolute Gasteiger partial charge is 0.264 e. The molecule has 1 fully saturated rings. The van der Waals surface area contributed by atoms with Gasteiger partial charge in [0.2, 0.25) is 10.0 Å². The molecule has 0 saturated carbocycles. The molecule has 0 aliphatic carbocycles. The van der Waals surface area contributed by atoms with Gasteiger partial charge in [0.05, 0.1) is 9.92 Å². The topological polar surface area (TPSA) is 109 Å². The molecule has 0 amide bonds. The molecule has 0 radical (unpaired) electrons. The van der Waals surface area contributed by atoms with E-state index in [4.69, 9.17) is 23.2 Å². The van der Waals surface area contributed by atoms with Gasteiger partial charge in [-0.15, -0.1) is 10.2 Å². The second-order valence-electron chi connectivity index (χ2n) is 8.88. The van der Waals surface area contributed by atoms with Crippen molar-refractivity contribution in [3.05, 3.63) is 64.1 Å². The zero-order chi connectivity index (χ0) is 27.3. The van der Waals surface area contributed by atoms with Crippen molar-refractivity contribution < 1.29 is 16.8 Å². The van der Waals surface area contributed by atoms with Crippen LogP contribution in [-0.4, -0.2) is 44.4 Å². The fraction of sp³-hybridized carbons (Fsp3) is 0.360. The van der Waals surface area contributed by atoms with E-state index in [9.17, 15) is 16.8 Å². The first-order valence-corrected chi connectivity index (χ1v) is 16.7. The maximum atomic E-state index is 12.9. The van der Waals surface area contributed by atoms with Crippen LogP contribution in [0.1, 0.15) is 44.6 Å². The first kappa shape index (κ1) is 29.1. The SMILES string of the molecule is CCCCc1cc(NS(=O)(=O)c2ccc(Cl)cc2Cl)nnc1Sc1ccc(S(=O)(=O)N2CCCCC2)cc1. The molecule has 2 aromatic carbocycles. The van der Waals surface area contributed by atoms with Gasteiger partial charge in [-0.3, -0.25) is 4.72 Å². The first-order chi connectivity index (χ1) is 18.1. The van der Waals surface area contributed by atoms with Gasteiger partial charge in [-0.05, 0) is 79.8 Å². The smallest absolute Gasteiger partial charge is 0.262 e. The Kier molecular flexibility index (Phi) is 9.59. The fourth-order valence-electron chi connectivity index (χ4n) is 4.03. The van der Waals surface area contributed by atoms with Crippen molar-refractivity contribution in [3.8, 4) is 0 Å². The molecule has 4 rings (SSSR count). The predicted octanol–water partition coefficient (Wildman–Crippen LogP) is 6.25. The number of nitrogens with one attached hydrogen (secondary N) is 1. The normalized spacial score (nSPS) is 14.9. The summed E-state index contributed by atoms with van der Waals surface area (Å²) < 4.78 is 55.7. The summed E-state index contributed by atoms with van der Waals surface area (Å²) in [6, 6.07) is 12.5. The average molecular weight is 616 g/mol. The van der Waals surface area contributed by atoms with Crippen molar-refractivity contribution in [2.24, 2.45) is 0 Å². The predicted molar refractivity (Wildman–Crippen MR) is 151 cm³/mol. The number of hydrogen-bond donors (Lipinski definition) is 1. The molecule has 13 heteroatoms. The lowest BCUT2D eigenvalue weighted by atomic mass is 10.1.